The van der Waals surface area contributed by atoms with E-state index in [1.165, 1.54) is 19.5 Å². The van der Waals surface area contributed by atoms with Gasteiger partial charge < -0.3 is 4.90 Å². The molecule has 2 heteroatoms. The van der Waals surface area contributed by atoms with Crippen LogP contribution in [-0.4, -0.2) is 25.0 Å². The Morgan fingerprint density at radius 3 is 2.71 bits per heavy atom. The van der Waals surface area contributed by atoms with Gasteiger partial charge in [0.1, 0.15) is 0 Å². The molecule has 1 aliphatic heterocycles. The second kappa shape index (κ2) is 4.29. The van der Waals surface area contributed by atoms with Gasteiger partial charge in [-0.1, -0.05) is 38.1 Å². The third-order valence-corrected chi connectivity index (χ3v) is 4.80. The van der Waals surface area contributed by atoms with Crippen LogP contribution < -0.4 is 0 Å². The summed E-state index contributed by atoms with van der Waals surface area (Å²) in [5.41, 5.74) is 3.58. The lowest BCUT2D eigenvalue weighted by Gasteiger charge is -2.39. The van der Waals surface area contributed by atoms with Crippen LogP contribution in [0.2, 0.25) is 0 Å². The zero-order chi connectivity index (χ0) is 11.3. The third kappa shape index (κ3) is 1.80. The van der Waals surface area contributed by atoms with Crippen molar-refractivity contribution in [3.63, 3.8) is 0 Å². The molecule has 94 valence electrons. The van der Waals surface area contributed by atoms with Crippen LogP contribution in [0.3, 0.4) is 0 Å². The molecule has 0 saturated carbocycles. The summed E-state index contributed by atoms with van der Waals surface area (Å²) in [5, 5.41) is 0. The predicted molar refractivity (Wildman–Crippen MR) is 75.1 cm³/mol. The van der Waals surface area contributed by atoms with Crippen LogP contribution in [0.5, 0.6) is 0 Å². The maximum atomic E-state index is 2.49. The van der Waals surface area contributed by atoms with Crippen molar-refractivity contribution in [1.82, 2.24) is 4.90 Å². The van der Waals surface area contributed by atoms with Gasteiger partial charge in [0.25, 0.3) is 0 Å². The van der Waals surface area contributed by atoms with E-state index in [4.69, 9.17) is 0 Å². The van der Waals surface area contributed by atoms with Gasteiger partial charge in [0.15, 0.2) is 0 Å². The van der Waals surface area contributed by atoms with Gasteiger partial charge in [-0.25, -0.2) is 0 Å². The maximum Gasteiger partial charge on any atom is 0.00208 e. The van der Waals surface area contributed by atoms with Crippen LogP contribution >= 0.6 is 12.4 Å². The van der Waals surface area contributed by atoms with Crippen LogP contribution in [-0.2, 0) is 5.41 Å². The zero-order valence-electron chi connectivity index (χ0n) is 10.9. The van der Waals surface area contributed by atoms with Gasteiger partial charge in [0, 0.05) is 6.54 Å². The first kappa shape index (κ1) is 12.9. The first-order valence-electron chi connectivity index (χ1n) is 6.38. The maximum absolute atomic E-state index is 2.49. The largest absolute Gasteiger partial charge is 0.306 e. The van der Waals surface area contributed by atoms with Gasteiger partial charge in [0.2, 0.25) is 0 Å². The van der Waals surface area contributed by atoms with E-state index in [1.54, 1.807) is 11.1 Å². The summed E-state index contributed by atoms with van der Waals surface area (Å²) < 4.78 is 0. The number of fused-ring (bicyclic) bond motifs is 3. The van der Waals surface area contributed by atoms with Crippen molar-refractivity contribution < 1.29 is 0 Å². The number of benzene rings is 1. The van der Waals surface area contributed by atoms with Crippen LogP contribution in [0, 0.1) is 5.92 Å². The highest BCUT2D eigenvalue weighted by atomic mass is 35.5. The fourth-order valence-electron chi connectivity index (χ4n) is 3.83. The minimum Gasteiger partial charge on any atom is -0.306 e. The van der Waals surface area contributed by atoms with Gasteiger partial charge >= 0.3 is 0 Å². The summed E-state index contributed by atoms with van der Waals surface area (Å²) in [4.78, 5) is 2.49. The van der Waals surface area contributed by atoms with E-state index in [0.29, 0.717) is 5.41 Å². The van der Waals surface area contributed by atoms with Crippen molar-refractivity contribution in [2.45, 2.75) is 31.6 Å². The number of rotatable bonds is 0. The average molecular weight is 252 g/mol. The standard InChI is InChI=1S/C15H21N.ClH/c1-15(2)13-7-5-4-6-11(13)12-8-9-16(3)10-14(12)15;/h4-7,12,14H,8-10H2,1-3H3;1H/t12-,14-;/m0./s1. The van der Waals surface area contributed by atoms with E-state index in [9.17, 15) is 0 Å². The van der Waals surface area contributed by atoms with Crippen LogP contribution in [0.1, 0.15) is 37.3 Å². The number of hydrogen-bond acceptors (Lipinski definition) is 1. The fourth-order valence-corrected chi connectivity index (χ4v) is 3.83. The molecule has 0 aromatic heterocycles. The summed E-state index contributed by atoms with van der Waals surface area (Å²) in [6, 6.07) is 9.10. The van der Waals surface area contributed by atoms with E-state index in [2.05, 4.69) is 50.1 Å². The van der Waals surface area contributed by atoms with Crippen molar-refractivity contribution in [2.24, 2.45) is 5.92 Å². The van der Waals surface area contributed by atoms with Crippen molar-refractivity contribution in [1.29, 1.82) is 0 Å². The molecule has 1 heterocycles. The lowest BCUT2D eigenvalue weighted by Crippen LogP contribution is -2.41. The lowest BCUT2D eigenvalue weighted by molar-refractivity contribution is 0.146. The highest BCUT2D eigenvalue weighted by Crippen LogP contribution is 2.53. The normalized spacial score (nSPS) is 30.3. The number of nitrogens with zero attached hydrogens (tertiary/aromatic N) is 1. The SMILES string of the molecule is CN1CC[C@H]2c3ccccc3C(C)(C)[C@H]2C1.Cl. The molecule has 0 amide bonds. The fraction of sp³-hybridized carbons (Fsp3) is 0.600. The highest BCUT2D eigenvalue weighted by Gasteiger charge is 2.47. The molecule has 1 nitrogen and oxygen atoms in total. The molecule has 3 rings (SSSR count). The average Bonchev–Trinajstić information content (AvgIpc) is 2.49. The third-order valence-electron chi connectivity index (χ3n) is 4.80. The molecule has 0 bridgehead atoms. The Balaban J connectivity index is 0.00000108. The quantitative estimate of drug-likeness (QED) is 0.683. The predicted octanol–water partition coefficient (Wildman–Crippen LogP) is 3.43. The minimum atomic E-state index is 0. The molecule has 0 radical (unpaired) electrons. The number of halogens is 1. The summed E-state index contributed by atoms with van der Waals surface area (Å²) in [5.74, 6) is 1.62. The Morgan fingerprint density at radius 1 is 1.24 bits per heavy atom. The Labute approximate surface area is 111 Å². The second-order valence-corrected chi connectivity index (χ2v) is 6.07. The molecule has 2 atom stereocenters. The molecule has 0 spiro atoms. The Bertz CT molecular complexity index is 413. The van der Waals surface area contributed by atoms with E-state index >= 15 is 0 Å². The van der Waals surface area contributed by atoms with E-state index in [0.717, 1.165) is 11.8 Å². The lowest BCUT2D eigenvalue weighted by atomic mass is 9.73. The minimum absolute atomic E-state index is 0. The molecule has 17 heavy (non-hydrogen) atoms. The first-order chi connectivity index (χ1) is 7.60. The molecule has 0 unspecified atom stereocenters. The molecule has 1 aliphatic carbocycles. The van der Waals surface area contributed by atoms with Crippen LogP contribution in [0.25, 0.3) is 0 Å². The highest BCUT2D eigenvalue weighted by molar-refractivity contribution is 5.85. The smallest absolute Gasteiger partial charge is 0.00208 e. The summed E-state index contributed by atoms with van der Waals surface area (Å²) in [7, 11) is 2.26. The van der Waals surface area contributed by atoms with Gasteiger partial charge in [0.05, 0.1) is 0 Å². The summed E-state index contributed by atoms with van der Waals surface area (Å²) in [6.07, 6.45) is 1.33. The molecular weight excluding hydrogens is 230 g/mol. The van der Waals surface area contributed by atoms with E-state index < -0.39 is 0 Å². The van der Waals surface area contributed by atoms with Gasteiger partial charge in [-0.3, -0.25) is 0 Å². The number of hydrogen-bond donors (Lipinski definition) is 0. The molecule has 2 aliphatic rings. The monoisotopic (exact) mass is 251 g/mol. The molecule has 1 aromatic rings. The van der Waals surface area contributed by atoms with Crippen LogP contribution in [0.4, 0.5) is 0 Å². The van der Waals surface area contributed by atoms with Crippen molar-refractivity contribution in [3.05, 3.63) is 35.4 Å². The van der Waals surface area contributed by atoms with Crippen molar-refractivity contribution in [2.75, 3.05) is 20.1 Å². The topological polar surface area (TPSA) is 3.24 Å². The number of likely N-dealkylation sites (tertiary alicyclic amines) is 1. The summed E-state index contributed by atoms with van der Waals surface area (Å²) in [6.45, 7) is 7.36. The Morgan fingerprint density at radius 2 is 1.94 bits per heavy atom. The van der Waals surface area contributed by atoms with E-state index in [1.807, 2.05) is 0 Å². The summed E-state index contributed by atoms with van der Waals surface area (Å²) >= 11 is 0. The molecule has 1 fully saturated rings. The second-order valence-electron chi connectivity index (χ2n) is 6.07. The van der Waals surface area contributed by atoms with Crippen molar-refractivity contribution >= 4 is 12.4 Å². The van der Waals surface area contributed by atoms with Gasteiger partial charge in [-0.05, 0) is 48.4 Å². The van der Waals surface area contributed by atoms with Crippen molar-refractivity contribution in [3.8, 4) is 0 Å². The Kier molecular flexibility index (Phi) is 3.26. The Hall–Kier alpha value is -0.530. The first-order valence-corrected chi connectivity index (χ1v) is 6.38. The number of piperidine rings is 1. The van der Waals surface area contributed by atoms with Crippen LogP contribution in [0.15, 0.2) is 24.3 Å². The van der Waals surface area contributed by atoms with E-state index in [-0.39, 0.29) is 12.4 Å². The molecule has 1 saturated heterocycles. The molecule has 0 N–H and O–H groups in total. The molecular formula is C15H22ClN. The van der Waals surface area contributed by atoms with Gasteiger partial charge in [-0.2, -0.15) is 0 Å². The molecule has 1 aromatic carbocycles. The van der Waals surface area contributed by atoms with Gasteiger partial charge in [-0.15, -0.1) is 12.4 Å². The zero-order valence-corrected chi connectivity index (χ0v) is 11.8.